The Labute approximate surface area is 125 Å². The van der Waals surface area contributed by atoms with Crippen LogP contribution in [0.4, 0.5) is 4.39 Å². The van der Waals surface area contributed by atoms with E-state index in [1.807, 2.05) is 6.92 Å². The van der Waals surface area contributed by atoms with Gasteiger partial charge < -0.3 is 5.32 Å². The summed E-state index contributed by atoms with van der Waals surface area (Å²) in [5.74, 6) is -0.0730. The molecule has 0 saturated heterocycles. The molecule has 1 rings (SSSR count). The summed E-state index contributed by atoms with van der Waals surface area (Å²) < 4.78 is 36.9. The lowest BCUT2D eigenvalue weighted by atomic mass is 10.0. The third kappa shape index (κ3) is 5.38. The van der Waals surface area contributed by atoms with Crippen molar-refractivity contribution in [2.45, 2.75) is 32.7 Å². The molecule has 0 bridgehead atoms. The van der Waals surface area contributed by atoms with Crippen molar-refractivity contribution >= 4 is 21.4 Å². The zero-order valence-electron chi connectivity index (χ0n) is 11.8. The molecule has 1 atom stereocenters. The van der Waals surface area contributed by atoms with Crippen LogP contribution in [0.5, 0.6) is 0 Å². The minimum atomic E-state index is -2.97. The first-order valence-corrected chi connectivity index (χ1v) is 8.98. The van der Waals surface area contributed by atoms with E-state index in [0.29, 0.717) is 30.0 Å². The lowest BCUT2D eigenvalue weighted by Crippen LogP contribution is -2.23. The summed E-state index contributed by atoms with van der Waals surface area (Å²) in [6, 6.07) is 4.39. The van der Waals surface area contributed by atoms with Crippen molar-refractivity contribution in [2.75, 3.05) is 18.1 Å². The molecule has 0 aliphatic heterocycles. The van der Waals surface area contributed by atoms with Crippen LogP contribution in [0, 0.1) is 5.82 Å². The standard InChI is InChI=1S/C14H21ClFNO2S/c1-3-17-14(6-5-9-20(18,19)4-2)12-8-7-11(15)10-13(12)16/h7-8,10,14,17H,3-6,9H2,1-2H3. The molecule has 6 heteroatoms. The zero-order valence-corrected chi connectivity index (χ0v) is 13.4. The van der Waals surface area contributed by atoms with E-state index >= 15 is 0 Å². The Hall–Kier alpha value is -0.650. The van der Waals surface area contributed by atoms with Crippen LogP contribution in [0.15, 0.2) is 18.2 Å². The Balaban J connectivity index is 2.74. The first-order valence-electron chi connectivity index (χ1n) is 6.78. The Bertz CT molecular complexity index is 534. The van der Waals surface area contributed by atoms with Crippen molar-refractivity contribution < 1.29 is 12.8 Å². The van der Waals surface area contributed by atoms with Gasteiger partial charge in [-0.25, -0.2) is 12.8 Å². The summed E-state index contributed by atoms with van der Waals surface area (Å²) >= 11 is 5.74. The SMILES string of the molecule is CCNC(CCCS(=O)(=O)CC)c1ccc(Cl)cc1F. The summed E-state index contributed by atoms with van der Waals surface area (Å²) in [7, 11) is -2.97. The molecular formula is C14H21ClFNO2S. The smallest absolute Gasteiger partial charge is 0.150 e. The molecule has 1 unspecified atom stereocenters. The highest BCUT2D eigenvalue weighted by molar-refractivity contribution is 7.91. The number of benzene rings is 1. The molecule has 0 aromatic heterocycles. The van der Waals surface area contributed by atoms with Gasteiger partial charge in [0.1, 0.15) is 15.7 Å². The second kappa shape index (κ2) is 7.96. The van der Waals surface area contributed by atoms with E-state index in [0.717, 1.165) is 0 Å². The number of hydrogen-bond donors (Lipinski definition) is 1. The molecule has 114 valence electrons. The summed E-state index contributed by atoms with van der Waals surface area (Å²) in [4.78, 5) is 0. The first kappa shape index (κ1) is 17.4. The first-order chi connectivity index (χ1) is 9.39. The molecule has 0 aliphatic rings. The highest BCUT2D eigenvalue weighted by atomic mass is 35.5. The van der Waals surface area contributed by atoms with Crippen molar-refractivity contribution in [3.8, 4) is 0 Å². The molecule has 0 fully saturated rings. The molecule has 0 heterocycles. The van der Waals surface area contributed by atoms with Gasteiger partial charge in [0.05, 0.1) is 5.75 Å². The Morgan fingerprint density at radius 3 is 2.60 bits per heavy atom. The van der Waals surface area contributed by atoms with Gasteiger partial charge in [0.2, 0.25) is 0 Å². The lowest BCUT2D eigenvalue weighted by molar-refractivity contribution is 0.480. The van der Waals surface area contributed by atoms with Crippen molar-refractivity contribution in [1.29, 1.82) is 0 Å². The maximum Gasteiger partial charge on any atom is 0.150 e. The molecular weight excluding hydrogens is 301 g/mol. The summed E-state index contributed by atoms with van der Waals surface area (Å²) in [5.41, 5.74) is 0.533. The second-order valence-corrected chi connectivity index (χ2v) is 7.56. The number of hydrogen-bond acceptors (Lipinski definition) is 3. The largest absolute Gasteiger partial charge is 0.310 e. The van der Waals surface area contributed by atoms with Crippen LogP contribution in [-0.4, -0.2) is 26.5 Å². The Morgan fingerprint density at radius 1 is 1.35 bits per heavy atom. The predicted molar refractivity (Wildman–Crippen MR) is 81.4 cm³/mol. The van der Waals surface area contributed by atoms with E-state index in [4.69, 9.17) is 11.6 Å². The van der Waals surface area contributed by atoms with Gasteiger partial charge in [-0.05, 0) is 31.5 Å². The maximum atomic E-state index is 13.9. The van der Waals surface area contributed by atoms with Gasteiger partial charge in [-0.3, -0.25) is 0 Å². The quantitative estimate of drug-likeness (QED) is 0.798. The van der Waals surface area contributed by atoms with E-state index in [2.05, 4.69) is 5.32 Å². The third-order valence-corrected chi connectivity index (χ3v) is 5.20. The molecule has 1 aromatic rings. The lowest BCUT2D eigenvalue weighted by Gasteiger charge is -2.19. The molecule has 0 radical (unpaired) electrons. The fourth-order valence-corrected chi connectivity index (χ4v) is 3.10. The van der Waals surface area contributed by atoms with Crippen LogP contribution < -0.4 is 5.32 Å². The molecule has 0 saturated carbocycles. The molecule has 3 nitrogen and oxygen atoms in total. The average molecular weight is 322 g/mol. The number of nitrogens with one attached hydrogen (secondary N) is 1. The molecule has 20 heavy (non-hydrogen) atoms. The molecule has 1 aromatic carbocycles. The van der Waals surface area contributed by atoms with E-state index < -0.39 is 9.84 Å². The van der Waals surface area contributed by atoms with E-state index in [9.17, 15) is 12.8 Å². The van der Waals surface area contributed by atoms with E-state index in [-0.39, 0.29) is 23.4 Å². The van der Waals surface area contributed by atoms with Crippen LogP contribution in [0.2, 0.25) is 5.02 Å². The molecule has 0 aliphatic carbocycles. The van der Waals surface area contributed by atoms with Crippen molar-refractivity contribution in [3.05, 3.63) is 34.6 Å². The zero-order chi connectivity index (χ0) is 15.2. The van der Waals surface area contributed by atoms with Crippen molar-refractivity contribution in [2.24, 2.45) is 0 Å². The van der Waals surface area contributed by atoms with Crippen molar-refractivity contribution in [1.82, 2.24) is 5.32 Å². The third-order valence-electron chi connectivity index (χ3n) is 3.18. The van der Waals surface area contributed by atoms with Gasteiger partial charge in [-0.15, -0.1) is 0 Å². The Kier molecular flexibility index (Phi) is 6.92. The Morgan fingerprint density at radius 2 is 2.05 bits per heavy atom. The predicted octanol–water partition coefficient (Wildman–Crippen LogP) is 3.34. The van der Waals surface area contributed by atoms with Gasteiger partial charge in [0.25, 0.3) is 0 Å². The minimum Gasteiger partial charge on any atom is -0.310 e. The number of rotatable bonds is 8. The normalized spacial score (nSPS) is 13.4. The highest BCUT2D eigenvalue weighted by Crippen LogP contribution is 2.24. The van der Waals surface area contributed by atoms with Gasteiger partial charge in [-0.1, -0.05) is 31.5 Å². The maximum absolute atomic E-state index is 13.9. The van der Waals surface area contributed by atoms with Gasteiger partial charge in [0.15, 0.2) is 0 Å². The van der Waals surface area contributed by atoms with E-state index in [1.54, 1.807) is 19.1 Å². The molecule has 0 amide bonds. The van der Waals surface area contributed by atoms with Gasteiger partial charge in [0, 0.05) is 22.4 Å². The van der Waals surface area contributed by atoms with Crippen LogP contribution in [0.25, 0.3) is 0 Å². The van der Waals surface area contributed by atoms with Crippen LogP contribution in [0.1, 0.15) is 38.3 Å². The topological polar surface area (TPSA) is 46.2 Å². The number of halogens is 2. The van der Waals surface area contributed by atoms with Crippen LogP contribution in [-0.2, 0) is 9.84 Å². The minimum absolute atomic E-state index is 0.139. The average Bonchev–Trinajstić information content (AvgIpc) is 2.38. The number of sulfone groups is 1. The fourth-order valence-electron chi connectivity index (χ4n) is 2.05. The highest BCUT2D eigenvalue weighted by Gasteiger charge is 2.16. The molecule has 0 spiro atoms. The second-order valence-electron chi connectivity index (χ2n) is 4.65. The monoisotopic (exact) mass is 321 g/mol. The fraction of sp³-hybridized carbons (Fsp3) is 0.571. The summed E-state index contributed by atoms with van der Waals surface area (Å²) in [6.45, 7) is 4.26. The van der Waals surface area contributed by atoms with Gasteiger partial charge >= 0.3 is 0 Å². The van der Waals surface area contributed by atoms with Gasteiger partial charge in [-0.2, -0.15) is 0 Å². The molecule has 1 N–H and O–H groups in total. The summed E-state index contributed by atoms with van der Waals surface area (Å²) in [6.07, 6.45) is 1.08. The van der Waals surface area contributed by atoms with E-state index in [1.165, 1.54) is 6.07 Å². The summed E-state index contributed by atoms with van der Waals surface area (Å²) in [5, 5.41) is 3.54. The van der Waals surface area contributed by atoms with Crippen LogP contribution in [0.3, 0.4) is 0 Å². The van der Waals surface area contributed by atoms with Crippen LogP contribution >= 0.6 is 11.6 Å². The van der Waals surface area contributed by atoms with Crippen molar-refractivity contribution in [3.63, 3.8) is 0 Å².